The molecule has 1 unspecified atom stereocenters. The molecule has 0 fully saturated rings. The van der Waals surface area contributed by atoms with E-state index in [2.05, 4.69) is 22.8 Å². The number of nitrogens with one attached hydrogen (secondary N) is 2. The number of benzene rings is 2. The van der Waals surface area contributed by atoms with Gasteiger partial charge in [0.2, 0.25) is 5.91 Å². The summed E-state index contributed by atoms with van der Waals surface area (Å²) in [5, 5.41) is 14.2. The quantitative estimate of drug-likeness (QED) is 0.570. The van der Waals surface area contributed by atoms with Gasteiger partial charge in [0.1, 0.15) is 12.6 Å². The molecule has 164 valence electrons. The van der Waals surface area contributed by atoms with E-state index in [4.69, 9.17) is 9.84 Å². The van der Waals surface area contributed by atoms with E-state index in [0.717, 1.165) is 22.3 Å². The van der Waals surface area contributed by atoms with E-state index in [-0.39, 0.29) is 18.9 Å². The Kier molecular flexibility index (Phi) is 7.28. The summed E-state index contributed by atoms with van der Waals surface area (Å²) in [7, 11) is 0. The number of ether oxygens (including phenoxy) is 1. The van der Waals surface area contributed by atoms with Crippen molar-refractivity contribution in [3.05, 3.63) is 59.7 Å². The number of carbonyl (C=O) groups excluding carboxylic acids is 2. The molecule has 0 radical (unpaired) electrons. The fourth-order valence-electron chi connectivity index (χ4n) is 3.95. The van der Waals surface area contributed by atoms with Gasteiger partial charge in [-0.3, -0.25) is 9.59 Å². The van der Waals surface area contributed by atoms with E-state index >= 15 is 0 Å². The average molecular weight is 424 g/mol. The number of carboxylic acids is 1. The summed E-state index contributed by atoms with van der Waals surface area (Å²) < 4.78 is 5.49. The Hall–Kier alpha value is -3.35. The van der Waals surface area contributed by atoms with Crippen LogP contribution in [-0.4, -0.2) is 41.8 Å². The van der Waals surface area contributed by atoms with Crippen molar-refractivity contribution in [1.82, 2.24) is 10.6 Å². The second-order valence-electron chi connectivity index (χ2n) is 7.64. The number of alkyl carbamates (subject to hydrolysis) is 1. The lowest BCUT2D eigenvalue weighted by Crippen LogP contribution is -2.49. The van der Waals surface area contributed by atoms with E-state index in [1.54, 1.807) is 13.8 Å². The summed E-state index contributed by atoms with van der Waals surface area (Å²) in [5.74, 6) is -1.46. The van der Waals surface area contributed by atoms with Gasteiger partial charge in [-0.25, -0.2) is 4.79 Å². The lowest BCUT2D eigenvalue weighted by atomic mass is 9.98. The van der Waals surface area contributed by atoms with Crippen LogP contribution in [0.5, 0.6) is 0 Å². The predicted molar refractivity (Wildman–Crippen MR) is 117 cm³/mol. The summed E-state index contributed by atoms with van der Waals surface area (Å²) >= 11 is 0. The Morgan fingerprint density at radius 2 is 1.52 bits per heavy atom. The highest BCUT2D eigenvalue weighted by atomic mass is 16.5. The molecule has 3 N–H and O–H groups in total. The van der Waals surface area contributed by atoms with Crippen LogP contribution in [0.25, 0.3) is 11.1 Å². The summed E-state index contributed by atoms with van der Waals surface area (Å²) in [6, 6.07) is 14.8. The Labute approximate surface area is 181 Å². The third-order valence-electron chi connectivity index (χ3n) is 5.62. The minimum absolute atomic E-state index is 0.0629. The van der Waals surface area contributed by atoms with E-state index in [9.17, 15) is 14.4 Å². The predicted octanol–water partition coefficient (Wildman–Crippen LogP) is 3.67. The zero-order chi connectivity index (χ0) is 22.4. The molecule has 1 aliphatic carbocycles. The van der Waals surface area contributed by atoms with Gasteiger partial charge >= 0.3 is 12.1 Å². The van der Waals surface area contributed by atoms with Crippen LogP contribution in [0.3, 0.4) is 0 Å². The molecule has 3 rings (SSSR count). The summed E-state index contributed by atoms with van der Waals surface area (Å²) in [6.45, 7) is 3.73. The molecule has 0 heterocycles. The van der Waals surface area contributed by atoms with Gasteiger partial charge in [0, 0.05) is 12.0 Å². The molecule has 31 heavy (non-hydrogen) atoms. The van der Waals surface area contributed by atoms with E-state index < -0.39 is 30.1 Å². The van der Waals surface area contributed by atoms with E-state index in [0.29, 0.717) is 12.8 Å². The van der Waals surface area contributed by atoms with Crippen molar-refractivity contribution in [2.45, 2.75) is 51.1 Å². The second kappa shape index (κ2) is 10.1. The van der Waals surface area contributed by atoms with Crippen LogP contribution in [-0.2, 0) is 14.3 Å². The largest absolute Gasteiger partial charge is 0.481 e. The Balaban J connectivity index is 1.60. The second-order valence-corrected chi connectivity index (χ2v) is 7.64. The zero-order valence-corrected chi connectivity index (χ0v) is 17.8. The number of aliphatic carboxylic acids is 1. The third kappa shape index (κ3) is 5.23. The Morgan fingerprint density at radius 1 is 0.935 bits per heavy atom. The monoisotopic (exact) mass is 424 g/mol. The molecule has 7 nitrogen and oxygen atoms in total. The molecule has 7 heteroatoms. The first-order valence-electron chi connectivity index (χ1n) is 10.6. The minimum atomic E-state index is -0.982. The number of carbonyl (C=O) groups is 3. The highest BCUT2D eigenvalue weighted by Gasteiger charge is 2.29. The van der Waals surface area contributed by atoms with Crippen LogP contribution >= 0.6 is 0 Å². The van der Waals surface area contributed by atoms with Crippen molar-refractivity contribution in [3.63, 3.8) is 0 Å². The fourth-order valence-corrected chi connectivity index (χ4v) is 3.95. The smallest absolute Gasteiger partial charge is 0.407 e. The third-order valence-corrected chi connectivity index (χ3v) is 5.62. The maximum atomic E-state index is 12.5. The minimum Gasteiger partial charge on any atom is -0.481 e. The summed E-state index contributed by atoms with van der Waals surface area (Å²) in [4.78, 5) is 35.8. The molecule has 0 spiro atoms. The molecule has 0 aromatic heterocycles. The average Bonchev–Trinajstić information content (AvgIpc) is 3.09. The Morgan fingerprint density at radius 3 is 2.03 bits per heavy atom. The first-order chi connectivity index (χ1) is 14.9. The van der Waals surface area contributed by atoms with Crippen LogP contribution in [0.1, 0.15) is 50.2 Å². The lowest BCUT2D eigenvalue weighted by Gasteiger charge is -2.21. The first kappa shape index (κ1) is 22.3. The van der Waals surface area contributed by atoms with Crippen molar-refractivity contribution in [2.75, 3.05) is 6.61 Å². The molecule has 2 aromatic carbocycles. The van der Waals surface area contributed by atoms with Crippen LogP contribution < -0.4 is 10.6 Å². The Bertz CT molecular complexity index is 913. The number of fused-ring (bicyclic) bond motifs is 3. The molecule has 2 atom stereocenters. The molecule has 1 aliphatic rings. The van der Waals surface area contributed by atoms with Gasteiger partial charge in [0.15, 0.2) is 0 Å². The van der Waals surface area contributed by atoms with Crippen molar-refractivity contribution in [1.29, 1.82) is 0 Å². The SMILES string of the molecule is CCC(CC(=O)O)NC(=O)[C@@H](CC)NC(=O)OCC1c2ccccc2-c2ccccc21. The highest BCUT2D eigenvalue weighted by molar-refractivity contribution is 5.86. The normalized spacial score (nSPS) is 14.1. The van der Waals surface area contributed by atoms with Crippen molar-refractivity contribution < 1.29 is 24.2 Å². The number of hydrogen-bond donors (Lipinski definition) is 3. The van der Waals surface area contributed by atoms with Crippen LogP contribution in [0.4, 0.5) is 4.79 Å². The zero-order valence-electron chi connectivity index (χ0n) is 17.8. The van der Waals surface area contributed by atoms with Gasteiger partial charge in [-0.1, -0.05) is 62.4 Å². The van der Waals surface area contributed by atoms with Gasteiger partial charge in [0.25, 0.3) is 0 Å². The van der Waals surface area contributed by atoms with Crippen molar-refractivity contribution in [3.8, 4) is 11.1 Å². The molecule has 0 aliphatic heterocycles. The summed E-state index contributed by atoms with van der Waals surface area (Å²) in [6.07, 6.45) is 0.0119. The van der Waals surface area contributed by atoms with Crippen LogP contribution in [0.15, 0.2) is 48.5 Å². The van der Waals surface area contributed by atoms with E-state index in [1.807, 2.05) is 36.4 Å². The van der Waals surface area contributed by atoms with Gasteiger partial charge in [-0.2, -0.15) is 0 Å². The maximum Gasteiger partial charge on any atom is 0.407 e. The fraction of sp³-hybridized carbons (Fsp3) is 0.375. The number of rotatable bonds is 9. The van der Waals surface area contributed by atoms with E-state index in [1.165, 1.54) is 0 Å². The lowest BCUT2D eigenvalue weighted by molar-refractivity contribution is -0.137. The number of amides is 2. The van der Waals surface area contributed by atoms with Gasteiger partial charge in [-0.05, 0) is 35.1 Å². The standard InChI is InChI=1S/C24H28N2O5/c1-3-15(13-22(27)28)25-23(29)21(4-2)26-24(30)31-14-20-18-11-7-5-9-16(18)17-10-6-8-12-19(17)20/h5-12,15,20-21H,3-4,13-14H2,1-2H3,(H,25,29)(H,26,30)(H,27,28)/t15?,21-/m1/s1. The molecule has 0 saturated carbocycles. The highest BCUT2D eigenvalue weighted by Crippen LogP contribution is 2.44. The van der Waals surface area contributed by atoms with Crippen molar-refractivity contribution in [2.24, 2.45) is 0 Å². The molecule has 0 saturated heterocycles. The molecule has 0 bridgehead atoms. The molecular weight excluding hydrogens is 396 g/mol. The van der Waals surface area contributed by atoms with Gasteiger partial charge in [0.05, 0.1) is 6.42 Å². The van der Waals surface area contributed by atoms with Gasteiger partial charge < -0.3 is 20.5 Å². The summed E-state index contributed by atoms with van der Waals surface area (Å²) in [5.41, 5.74) is 4.51. The maximum absolute atomic E-state index is 12.5. The van der Waals surface area contributed by atoms with Crippen LogP contribution in [0, 0.1) is 0 Å². The first-order valence-corrected chi connectivity index (χ1v) is 10.6. The number of carboxylic acid groups (broad SMARTS) is 1. The number of hydrogen-bond acceptors (Lipinski definition) is 4. The van der Waals surface area contributed by atoms with Crippen LogP contribution in [0.2, 0.25) is 0 Å². The molecule has 2 amide bonds. The van der Waals surface area contributed by atoms with Gasteiger partial charge in [-0.15, -0.1) is 0 Å². The van der Waals surface area contributed by atoms with Crippen molar-refractivity contribution >= 4 is 18.0 Å². The molecular formula is C24H28N2O5. The molecule has 2 aromatic rings. The topological polar surface area (TPSA) is 105 Å².